The van der Waals surface area contributed by atoms with E-state index >= 15 is 0 Å². The van der Waals surface area contributed by atoms with Crippen LogP contribution in [0.3, 0.4) is 0 Å². The average molecular weight is 245 g/mol. The zero-order chi connectivity index (χ0) is 6.78. The van der Waals surface area contributed by atoms with Crippen molar-refractivity contribution in [1.29, 1.82) is 0 Å². The summed E-state index contributed by atoms with van der Waals surface area (Å²) in [4.78, 5) is 9.89. The van der Waals surface area contributed by atoms with Crippen molar-refractivity contribution in [2.24, 2.45) is 0 Å². The summed E-state index contributed by atoms with van der Waals surface area (Å²) in [6, 6.07) is 0. The third kappa shape index (κ3) is 11.6. The summed E-state index contributed by atoms with van der Waals surface area (Å²) < 4.78 is 0.419. The topological polar surface area (TPSA) is 40.1 Å². The van der Waals surface area contributed by atoms with Crippen molar-refractivity contribution in [2.75, 3.05) is 27.7 Å². The van der Waals surface area contributed by atoms with Crippen LogP contribution in [0.25, 0.3) is 0 Å². The van der Waals surface area contributed by atoms with Crippen molar-refractivity contribution in [2.45, 2.75) is 0 Å². The van der Waals surface area contributed by atoms with Gasteiger partial charge in [0.05, 0.1) is 27.1 Å². The fourth-order valence-corrected chi connectivity index (χ4v) is 0.387. The summed E-state index contributed by atoms with van der Waals surface area (Å²) in [6.07, 6.45) is 0. The molecule has 0 fully saturated rings. The number of carbonyl (C=O) groups excluding carboxylic acids is 1. The smallest absolute Gasteiger partial charge is 0.118 e. The minimum absolute atomic E-state index is 0. The number of hydrogen-bond acceptors (Lipinski definition) is 2. The van der Waals surface area contributed by atoms with Crippen LogP contribution in [0.1, 0.15) is 0 Å². The first-order valence-corrected chi connectivity index (χ1v) is 2.42. The Labute approximate surface area is 72.3 Å². The first-order chi connectivity index (χ1) is 3.42. The molecular weight excluding hydrogens is 233 g/mol. The molecular formula is C5H12INO2. The van der Waals surface area contributed by atoms with Crippen LogP contribution >= 0.6 is 24.0 Å². The van der Waals surface area contributed by atoms with Gasteiger partial charge in [0.25, 0.3) is 0 Å². The summed E-state index contributed by atoms with van der Waals surface area (Å²) in [7, 11) is 5.40. The first kappa shape index (κ1) is 11.9. The quantitative estimate of drug-likeness (QED) is 0.465. The van der Waals surface area contributed by atoms with Crippen molar-refractivity contribution in [3.05, 3.63) is 0 Å². The number of halogens is 1. The van der Waals surface area contributed by atoms with E-state index < -0.39 is 5.97 Å². The van der Waals surface area contributed by atoms with Crippen LogP contribution in [0, 0.1) is 0 Å². The van der Waals surface area contributed by atoms with Crippen molar-refractivity contribution >= 4 is 29.9 Å². The first-order valence-electron chi connectivity index (χ1n) is 2.42. The molecule has 3 nitrogen and oxygen atoms in total. The molecule has 0 radical (unpaired) electrons. The Morgan fingerprint density at radius 3 is 1.78 bits per heavy atom. The molecule has 0 aromatic rings. The molecule has 0 atom stereocenters. The molecule has 0 aliphatic heterocycles. The van der Waals surface area contributed by atoms with Crippen LogP contribution in [-0.2, 0) is 4.79 Å². The molecule has 0 aromatic carbocycles. The van der Waals surface area contributed by atoms with Crippen molar-refractivity contribution in [3.63, 3.8) is 0 Å². The van der Waals surface area contributed by atoms with E-state index in [9.17, 15) is 9.90 Å². The minimum atomic E-state index is -1.00. The summed E-state index contributed by atoms with van der Waals surface area (Å²) >= 11 is 0. The number of carboxylic acid groups (broad SMARTS) is 1. The van der Waals surface area contributed by atoms with Gasteiger partial charge < -0.3 is 14.4 Å². The lowest BCUT2D eigenvalue weighted by molar-refractivity contribution is -0.864. The largest absolute Gasteiger partial charge is 0.544 e. The fraction of sp³-hybridized carbons (Fsp3) is 0.800. The maximum Gasteiger partial charge on any atom is 0.118 e. The molecule has 0 aromatic heterocycles. The SMILES string of the molecule is C[N+](C)(C)CC(=O)[O-].I. The lowest BCUT2D eigenvalue weighted by Gasteiger charge is -2.23. The Morgan fingerprint density at radius 2 is 1.78 bits per heavy atom. The van der Waals surface area contributed by atoms with Gasteiger partial charge in [0.15, 0.2) is 0 Å². The zero-order valence-electron chi connectivity index (χ0n) is 5.88. The summed E-state index contributed by atoms with van der Waals surface area (Å²) in [5, 5.41) is 9.89. The number of nitrogens with zero attached hydrogens (tertiary/aromatic N) is 1. The third-order valence-electron chi connectivity index (χ3n) is 0.603. The van der Waals surface area contributed by atoms with Gasteiger partial charge in [-0.3, -0.25) is 0 Å². The van der Waals surface area contributed by atoms with Crippen LogP contribution in [0.2, 0.25) is 0 Å². The highest BCUT2D eigenvalue weighted by Gasteiger charge is 2.04. The Bertz CT molecular complexity index is 97.6. The van der Waals surface area contributed by atoms with Gasteiger partial charge in [-0.05, 0) is 0 Å². The van der Waals surface area contributed by atoms with Gasteiger partial charge in [-0.25, -0.2) is 0 Å². The highest BCUT2D eigenvalue weighted by molar-refractivity contribution is 14.0. The highest BCUT2D eigenvalue weighted by atomic mass is 127. The summed E-state index contributed by atoms with van der Waals surface area (Å²) in [5.41, 5.74) is 0. The number of rotatable bonds is 2. The van der Waals surface area contributed by atoms with Gasteiger partial charge >= 0.3 is 0 Å². The van der Waals surface area contributed by atoms with E-state index in [1.165, 1.54) is 0 Å². The van der Waals surface area contributed by atoms with Gasteiger partial charge in [0.1, 0.15) is 6.54 Å². The van der Waals surface area contributed by atoms with Gasteiger partial charge in [-0.1, -0.05) is 0 Å². The molecule has 0 amide bonds. The number of hydrogen-bond donors (Lipinski definition) is 0. The molecule has 4 heteroatoms. The monoisotopic (exact) mass is 245 g/mol. The molecule has 0 spiro atoms. The number of carboxylic acids is 1. The fourth-order valence-electron chi connectivity index (χ4n) is 0.387. The van der Waals surface area contributed by atoms with Crippen LogP contribution in [-0.4, -0.2) is 38.1 Å². The molecule has 0 N–H and O–H groups in total. The van der Waals surface area contributed by atoms with Crippen LogP contribution < -0.4 is 5.11 Å². The van der Waals surface area contributed by atoms with E-state index in [0.717, 1.165) is 0 Å². The lowest BCUT2D eigenvalue weighted by Crippen LogP contribution is -2.45. The van der Waals surface area contributed by atoms with E-state index in [0.29, 0.717) is 4.48 Å². The Kier molecular flexibility index (Phi) is 5.36. The van der Waals surface area contributed by atoms with Gasteiger partial charge in [-0.15, -0.1) is 24.0 Å². The average Bonchev–Trinajstić information content (AvgIpc) is 1.21. The third-order valence-corrected chi connectivity index (χ3v) is 0.603. The van der Waals surface area contributed by atoms with Crippen LogP contribution in [0.5, 0.6) is 0 Å². The second kappa shape index (κ2) is 4.05. The molecule has 0 rings (SSSR count). The van der Waals surface area contributed by atoms with Crippen LogP contribution in [0.4, 0.5) is 0 Å². The van der Waals surface area contributed by atoms with Crippen molar-refractivity contribution in [1.82, 2.24) is 0 Å². The standard InChI is InChI=1S/C5H11NO2.HI/c1-6(2,3)4-5(7)8;/h4H2,1-3H3;1H. The number of aliphatic carboxylic acids is 1. The van der Waals surface area contributed by atoms with E-state index in [1.807, 2.05) is 0 Å². The van der Waals surface area contributed by atoms with Gasteiger partial charge in [0, 0.05) is 0 Å². The van der Waals surface area contributed by atoms with Crippen LogP contribution in [0.15, 0.2) is 0 Å². The number of quaternary nitrogens is 1. The maximum absolute atomic E-state index is 9.89. The van der Waals surface area contributed by atoms with E-state index in [1.54, 1.807) is 21.1 Å². The summed E-state index contributed by atoms with van der Waals surface area (Å²) in [6.45, 7) is 0.0694. The second-order valence-electron chi connectivity index (χ2n) is 2.82. The summed E-state index contributed by atoms with van der Waals surface area (Å²) in [5.74, 6) is -1.00. The molecule has 9 heavy (non-hydrogen) atoms. The maximum atomic E-state index is 9.89. The van der Waals surface area contributed by atoms with Crippen molar-refractivity contribution < 1.29 is 14.4 Å². The van der Waals surface area contributed by atoms with Crippen molar-refractivity contribution in [3.8, 4) is 0 Å². The molecule has 0 saturated carbocycles. The Morgan fingerprint density at radius 1 is 1.44 bits per heavy atom. The Hall–Kier alpha value is 0.160. The minimum Gasteiger partial charge on any atom is -0.544 e. The number of likely N-dealkylation sites (N-methyl/N-ethyl adjacent to an activating group) is 1. The van der Waals surface area contributed by atoms with E-state index in [4.69, 9.17) is 0 Å². The van der Waals surface area contributed by atoms with E-state index in [-0.39, 0.29) is 30.5 Å². The zero-order valence-corrected chi connectivity index (χ0v) is 8.21. The predicted molar refractivity (Wildman–Crippen MR) is 43.3 cm³/mol. The van der Waals surface area contributed by atoms with Gasteiger partial charge in [-0.2, -0.15) is 0 Å². The van der Waals surface area contributed by atoms with E-state index in [2.05, 4.69) is 0 Å². The molecule has 0 unspecified atom stereocenters. The normalized spacial score (nSPS) is 10.1. The lowest BCUT2D eigenvalue weighted by atomic mass is 10.5. The predicted octanol–water partition coefficient (Wildman–Crippen LogP) is -0.940. The molecule has 56 valence electrons. The highest BCUT2D eigenvalue weighted by Crippen LogP contribution is 1.84. The molecule has 0 bridgehead atoms. The molecule has 0 aliphatic rings. The second-order valence-corrected chi connectivity index (χ2v) is 2.82. The molecule has 0 aliphatic carbocycles. The molecule has 0 saturated heterocycles. The number of carbonyl (C=O) groups is 1. The molecule has 0 heterocycles. The van der Waals surface area contributed by atoms with Gasteiger partial charge in [0.2, 0.25) is 0 Å². The Balaban J connectivity index is 0.